The lowest BCUT2D eigenvalue weighted by atomic mass is 10.1. The topological polar surface area (TPSA) is 71.0 Å². The Morgan fingerprint density at radius 2 is 1.66 bits per heavy atom. The molecule has 176 valence electrons. The van der Waals surface area contributed by atoms with Crippen LogP contribution in [0.1, 0.15) is 46.6 Å². The Morgan fingerprint density at radius 3 is 2.40 bits per heavy atom. The molecule has 1 aliphatic rings. The lowest BCUT2D eigenvalue weighted by Gasteiger charge is -2.28. The van der Waals surface area contributed by atoms with E-state index in [1.165, 1.54) is 30.5 Å². The fourth-order valence-electron chi connectivity index (χ4n) is 4.38. The van der Waals surface area contributed by atoms with Crippen molar-refractivity contribution in [2.24, 2.45) is 0 Å². The Morgan fingerprint density at radius 1 is 0.857 bits per heavy atom. The Bertz CT molecular complexity index is 1250. The second-order valence-corrected chi connectivity index (χ2v) is 8.87. The summed E-state index contributed by atoms with van der Waals surface area (Å²) in [6.45, 7) is 2.74. The first-order valence-electron chi connectivity index (χ1n) is 12.2. The molecule has 0 spiro atoms. The summed E-state index contributed by atoms with van der Waals surface area (Å²) in [5, 5.41) is 2.93. The van der Waals surface area contributed by atoms with E-state index in [1.54, 1.807) is 18.6 Å². The fourth-order valence-corrected chi connectivity index (χ4v) is 4.38. The molecule has 5 rings (SSSR count). The number of nitrogens with one attached hydrogen (secondary N) is 1. The van der Waals surface area contributed by atoms with Gasteiger partial charge in [-0.3, -0.25) is 9.78 Å². The quantitative estimate of drug-likeness (QED) is 0.415. The smallest absolute Gasteiger partial charge is 0.251 e. The number of pyridine rings is 1. The maximum Gasteiger partial charge on any atom is 0.251 e. The molecular formula is C29H29N5O. The number of piperidine rings is 1. The number of hydrogen-bond donors (Lipinski definition) is 1. The van der Waals surface area contributed by atoms with E-state index in [9.17, 15) is 4.79 Å². The monoisotopic (exact) mass is 463 g/mol. The van der Waals surface area contributed by atoms with E-state index in [4.69, 9.17) is 4.98 Å². The Kier molecular flexibility index (Phi) is 7.08. The summed E-state index contributed by atoms with van der Waals surface area (Å²) in [5.41, 5.74) is 5.88. The number of rotatable bonds is 7. The molecule has 0 bridgehead atoms. The van der Waals surface area contributed by atoms with Gasteiger partial charge in [-0.1, -0.05) is 30.3 Å². The van der Waals surface area contributed by atoms with E-state index in [-0.39, 0.29) is 5.91 Å². The first-order valence-corrected chi connectivity index (χ1v) is 12.2. The van der Waals surface area contributed by atoms with Crippen molar-refractivity contribution in [1.29, 1.82) is 0 Å². The van der Waals surface area contributed by atoms with Crippen LogP contribution in [0, 0.1) is 0 Å². The van der Waals surface area contributed by atoms with E-state index in [0.717, 1.165) is 35.7 Å². The molecule has 1 fully saturated rings. The molecule has 1 amide bonds. The summed E-state index contributed by atoms with van der Waals surface area (Å²) < 4.78 is 0. The molecule has 35 heavy (non-hydrogen) atoms. The van der Waals surface area contributed by atoms with Crippen molar-refractivity contribution in [2.75, 3.05) is 18.0 Å². The van der Waals surface area contributed by atoms with Gasteiger partial charge in [0.1, 0.15) is 5.82 Å². The van der Waals surface area contributed by atoms with Gasteiger partial charge in [0.2, 0.25) is 0 Å². The Labute approximate surface area is 206 Å². The van der Waals surface area contributed by atoms with Crippen molar-refractivity contribution in [1.82, 2.24) is 20.3 Å². The van der Waals surface area contributed by atoms with Gasteiger partial charge in [0.15, 0.2) is 0 Å². The van der Waals surface area contributed by atoms with Gasteiger partial charge in [0.25, 0.3) is 5.91 Å². The molecule has 0 saturated carbocycles. The predicted molar refractivity (Wildman–Crippen MR) is 138 cm³/mol. The highest BCUT2D eigenvalue weighted by Crippen LogP contribution is 2.22. The van der Waals surface area contributed by atoms with Gasteiger partial charge in [-0.2, -0.15) is 0 Å². The molecule has 1 saturated heterocycles. The molecule has 0 atom stereocenters. The second kappa shape index (κ2) is 10.9. The largest absolute Gasteiger partial charge is 0.372 e. The molecule has 2 aromatic carbocycles. The highest BCUT2D eigenvalue weighted by Gasteiger charge is 2.11. The third kappa shape index (κ3) is 5.90. The third-order valence-electron chi connectivity index (χ3n) is 6.34. The Hall–Kier alpha value is -4.06. The van der Waals surface area contributed by atoms with Crippen LogP contribution in [-0.4, -0.2) is 33.9 Å². The molecular weight excluding hydrogens is 434 g/mol. The van der Waals surface area contributed by atoms with Gasteiger partial charge in [-0.25, -0.2) is 9.97 Å². The van der Waals surface area contributed by atoms with E-state index in [0.29, 0.717) is 18.5 Å². The van der Waals surface area contributed by atoms with Crippen molar-refractivity contribution >= 4 is 11.6 Å². The number of amides is 1. The standard InChI is InChI=1S/C29H29N5O/c35-29(32-21-23-5-4-15-30-20-23)25-10-8-24(9-11-25)27-14-16-31-28(33-27)19-22-6-12-26(13-7-22)34-17-2-1-3-18-34/h4-16,20H,1-3,17-19,21H2,(H,32,35). The van der Waals surface area contributed by atoms with Crippen LogP contribution < -0.4 is 10.2 Å². The molecule has 0 unspecified atom stereocenters. The van der Waals surface area contributed by atoms with Gasteiger partial charge in [0, 0.05) is 61.5 Å². The Balaban J connectivity index is 1.22. The zero-order chi connectivity index (χ0) is 23.9. The minimum atomic E-state index is -0.114. The number of nitrogens with zero attached hydrogens (tertiary/aromatic N) is 4. The molecule has 1 aliphatic heterocycles. The molecule has 0 aliphatic carbocycles. The number of benzene rings is 2. The van der Waals surface area contributed by atoms with Gasteiger partial charge in [0.05, 0.1) is 5.69 Å². The van der Waals surface area contributed by atoms with Crippen molar-refractivity contribution in [2.45, 2.75) is 32.2 Å². The maximum absolute atomic E-state index is 12.5. The number of anilines is 1. The van der Waals surface area contributed by atoms with Gasteiger partial charge < -0.3 is 10.2 Å². The number of aromatic nitrogens is 3. The normalized spacial score (nSPS) is 13.4. The molecule has 3 heterocycles. The summed E-state index contributed by atoms with van der Waals surface area (Å²) >= 11 is 0. The molecule has 2 aromatic heterocycles. The van der Waals surface area contributed by atoms with Crippen LogP contribution in [0.5, 0.6) is 0 Å². The molecule has 0 radical (unpaired) electrons. The average molecular weight is 464 g/mol. The summed E-state index contributed by atoms with van der Waals surface area (Å²) in [4.78, 5) is 28.3. The maximum atomic E-state index is 12.5. The van der Waals surface area contributed by atoms with Crippen LogP contribution in [0.2, 0.25) is 0 Å². The second-order valence-electron chi connectivity index (χ2n) is 8.87. The van der Waals surface area contributed by atoms with E-state index in [2.05, 4.69) is 44.5 Å². The average Bonchev–Trinajstić information content (AvgIpc) is 2.93. The third-order valence-corrected chi connectivity index (χ3v) is 6.34. The van der Waals surface area contributed by atoms with Crippen LogP contribution in [0.25, 0.3) is 11.3 Å². The van der Waals surface area contributed by atoms with E-state index >= 15 is 0 Å². The minimum Gasteiger partial charge on any atom is -0.372 e. The fraction of sp³-hybridized carbons (Fsp3) is 0.241. The van der Waals surface area contributed by atoms with Crippen LogP contribution in [0.3, 0.4) is 0 Å². The van der Waals surface area contributed by atoms with Crippen molar-refractivity contribution in [3.8, 4) is 11.3 Å². The van der Waals surface area contributed by atoms with Crippen LogP contribution in [-0.2, 0) is 13.0 Å². The van der Waals surface area contributed by atoms with E-state index < -0.39 is 0 Å². The van der Waals surface area contributed by atoms with Gasteiger partial charge in [-0.15, -0.1) is 0 Å². The first-order chi connectivity index (χ1) is 17.2. The summed E-state index contributed by atoms with van der Waals surface area (Å²) in [5.74, 6) is 0.670. The first kappa shape index (κ1) is 22.7. The van der Waals surface area contributed by atoms with Crippen LogP contribution >= 0.6 is 0 Å². The highest BCUT2D eigenvalue weighted by atomic mass is 16.1. The molecule has 6 nitrogen and oxygen atoms in total. The summed E-state index contributed by atoms with van der Waals surface area (Å²) in [6, 6.07) is 22.0. The van der Waals surface area contributed by atoms with Gasteiger partial charge in [-0.05, 0) is 66.8 Å². The highest BCUT2D eigenvalue weighted by molar-refractivity contribution is 5.94. The number of carbonyl (C=O) groups is 1. The van der Waals surface area contributed by atoms with Crippen molar-refractivity contribution in [3.05, 3.63) is 108 Å². The number of hydrogen-bond acceptors (Lipinski definition) is 5. The predicted octanol–water partition coefficient (Wildman–Crippen LogP) is 5.05. The summed E-state index contributed by atoms with van der Waals surface area (Å²) in [7, 11) is 0. The zero-order valence-electron chi connectivity index (χ0n) is 19.7. The van der Waals surface area contributed by atoms with Crippen molar-refractivity contribution in [3.63, 3.8) is 0 Å². The summed E-state index contributed by atoms with van der Waals surface area (Å²) in [6.07, 6.45) is 9.84. The van der Waals surface area contributed by atoms with Crippen LogP contribution in [0.4, 0.5) is 5.69 Å². The number of carbonyl (C=O) groups excluding carboxylic acids is 1. The van der Waals surface area contributed by atoms with Gasteiger partial charge >= 0.3 is 0 Å². The lowest BCUT2D eigenvalue weighted by molar-refractivity contribution is 0.0951. The molecule has 6 heteroatoms. The molecule has 1 N–H and O–H groups in total. The SMILES string of the molecule is O=C(NCc1cccnc1)c1ccc(-c2ccnc(Cc3ccc(N4CCCCC4)cc3)n2)cc1. The van der Waals surface area contributed by atoms with Crippen molar-refractivity contribution < 1.29 is 4.79 Å². The van der Waals surface area contributed by atoms with E-state index in [1.807, 2.05) is 42.5 Å². The molecule has 4 aromatic rings. The lowest BCUT2D eigenvalue weighted by Crippen LogP contribution is -2.29. The van der Waals surface area contributed by atoms with Crippen LogP contribution in [0.15, 0.2) is 85.3 Å². The minimum absolute atomic E-state index is 0.114. The zero-order valence-corrected chi connectivity index (χ0v) is 19.7.